The number of benzene rings is 1. The highest BCUT2D eigenvalue weighted by Gasteiger charge is 2.35. The lowest BCUT2D eigenvalue weighted by atomic mass is 9.95. The maximum absolute atomic E-state index is 13.8. The van der Waals surface area contributed by atoms with Crippen LogP contribution in [-0.4, -0.2) is 71.7 Å². The van der Waals surface area contributed by atoms with Crippen molar-refractivity contribution in [2.24, 2.45) is 4.99 Å². The third-order valence-electron chi connectivity index (χ3n) is 5.80. The van der Waals surface area contributed by atoms with Crippen LogP contribution < -0.4 is 5.32 Å². The van der Waals surface area contributed by atoms with E-state index in [1.54, 1.807) is 13.1 Å². The summed E-state index contributed by atoms with van der Waals surface area (Å²) in [4.78, 5) is 35.4. The summed E-state index contributed by atoms with van der Waals surface area (Å²) in [6.45, 7) is 3.75. The van der Waals surface area contributed by atoms with Gasteiger partial charge in [0.05, 0.1) is 24.9 Å². The predicted molar refractivity (Wildman–Crippen MR) is 133 cm³/mol. The molecule has 3 heterocycles. The molecule has 36 heavy (non-hydrogen) atoms. The fraction of sp³-hybridized carbons (Fsp3) is 0.417. The zero-order valence-electron chi connectivity index (χ0n) is 19.6. The van der Waals surface area contributed by atoms with Crippen LogP contribution in [0, 0.1) is 5.82 Å². The normalized spacial score (nSPS) is 20.6. The topological polar surface area (TPSA) is 113 Å². The predicted octanol–water partition coefficient (Wildman–Crippen LogP) is 3.41. The molecule has 2 aromatic rings. The molecule has 0 unspecified atom stereocenters. The van der Waals surface area contributed by atoms with Crippen molar-refractivity contribution in [3.63, 3.8) is 0 Å². The third kappa shape index (κ3) is 6.28. The Hall–Kier alpha value is -2.86. The first-order chi connectivity index (χ1) is 17.4. The number of hydrogen-bond donors (Lipinski definition) is 2. The van der Waals surface area contributed by atoms with Crippen LogP contribution in [0.15, 0.2) is 46.0 Å². The number of hydrogen-bond acceptors (Lipinski definition) is 9. The molecule has 4 rings (SSSR count). The van der Waals surface area contributed by atoms with Crippen molar-refractivity contribution in [1.29, 1.82) is 0 Å². The summed E-state index contributed by atoms with van der Waals surface area (Å²) >= 11 is 7.79. The minimum absolute atomic E-state index is 0.0134. The number of thiazole rings is 1. The minimum atomic E-state index is -0.875. The van der Waals surface area contributed by atoms with Gasteiger partial charge in [-0.1, -0.05) is 17.7 Å². The summed E-state index contributed by atoms with van der Waals surface area (Å²) in [5.41, 5.74) is 1.31. The molecule has 0 bridgehead atoms. The lowest BCUT2D eigenvalue weighted by Gasteiger charge is -2.35. The van der Waals surface area contributed by atoms with Crippen molar-refractivity contribution in [2.75, 3.05) is 32.8 Å². The van der Waals surface area contributed by atoms with Gasteiger partial charge in [-0.3, -0.25) is 14.7 Å². The number of carboxylic acid groups (broad SMARTS) is 1. The van der Waals surface area contributed by atoms with Crippen LogP contribution in [0.2, 0.25) is 5.02 Å². The van der Waals surface area contributed by atoms with E-state index in [0.29, 0.717) is 54.8 Å². The molecule has 2 aliphatic rings. The van der Waals surface area contributed by atoms with E-state index in [0.717, 1.165) is 0 Å². The molecule has 192 valence electrons. The molecule has 2 aliphatic heterocycles. The van der Waals surface area contributed by atoms with Gasteiger partial charge in [-0.2, -0.15) is 0 Å². The number of amidine groups is 1. The van der Waals surface area contributed by atoms with Gasteiger partial charge in [-0.05, 0) is 25.5 Å². The van der Waals surface area contributed by atoms with Crippen LogP contribution in [0.25, 0.3) is 0 Å². The summed E-state index contributed by atoms with van der Waals surface area (Å²) in [6, 6.07) is 3.15. The quantitative estimate of drug-likeness (QED) is 0.469. The van der Waals surface area contributed by atoms with Crippen LogP contribution in [-0.2, 0) is 19.1 Å². The number of rotatable bonds is 9. The number of nitrogens with zero attached hydrogens (tertiary/aromatic N) is 3. The molecular formula is C24H26ClFN4O5S. The van der Waals surface area contributed by atoms with E-state index in [1.165, 1.54) is 29.5 Å². The molecule has 1 aromatic carbocycles. The first kappa shape index (κ1) is 26.2. The summed E-state index contributed by atoms with van der Waals surface area (Å²) in [5, 5.41) is 14.9. The monoisotopic (exact) mass is 536 g/mol. The van der Waals surface area contributed by atoms with Gasteiger partial charge in [-0.25, -0.2) is 14.2 Å². The Morgan fingerprint density at radius 1 is 1.42 bits per heavy atom. The fourth-order valence-corrected chi connectivity index (χ4v) is 5.03. The average molecular weight is 537 g/mol. The zero-order chi connectivity index (χ0) is 25.7. The number of esters is 1. The molecule has 1 saturated heterocycles. The number of nitrogens with one attached hydrogen (secondary N) is 1. The number of carbonyl (C=O) groups is 2. The molecule has 0 radical (unpaired) electrons. The molecule has 9 nitrogen and oxygen atoms in total. The second-order valence-electron chi connectivity index (χ2n) is 8.28. The molecule has 12 heteroatoms. The SMILES string of the molecule is CCOC(=O)C1=C(CN2CCO[C@H](CCC(=O)O)C2)NC(c2nccs2)=N[C@H]1c1ccc(F)cc1Cl. The number of carbonyl (C=O) groups excluding carboxylic acids is 1. The van der Waals surface area contributed by atoms with Gasteiger partial charge in [0.1, 0.15) is 11.9 Å². The molecule has 0 aliphatic carbocycles. The number of aliphatic carboxylic acids is 1. The Morgan fingerprint density at radius 3 is 2.94 bits per heavy atom. The molecule has 2 N–H and O–H groups in total. The molecular weight excluding hydrogens is 511 g/mol. The fourth-order valence-electron chi connectivity index (χ4n) is 4.17. The second-order valence-corrected chi connectivity index (χ2v) is 9.58. The van der Waals surface area contributed by atoms with Crippen LogP contribution in [0.1, 0.15) is 36.4 Å². The van der Waals surface area contributed by atoms with E-state index in [-0.39, 0.29) is 29.7 Å². The Kier molecular flexibility index (Phi) is 8.68. The highest BCUT2D eigenvalue weighted by atomic mass is 35.5. The van der Waals surface area contributed by atoms with Crippen LogP contribution in [0.4, 0.5) is 4.39 Å². The van der Waals surface area contributed by atoms with Crippen molar-refractivity contribution >= 4 is 40.7 Å². The van der Waals surface area contributed by atoms with Crippen molar-refractivity contribution in [3.8, 4) is 0 Å². The standard InChI is InChI=1S/C24H26ClFN4O5S/c1-2-34-24(33)20-18(13-30-8-9-35-15(12-30)4-6-19(31)32)28-22(23-27-7-10-36-23)29-21(20)16-5-3-14(26)11-17(16)25/h3,5,7,10-11,15,21H,2,4,6,8-9,12-13H2,1H3,(H,28,29)(H,31,32)/t15-,21+/m1/s1. The number of morpholine rings is 1. The lowest BCUT2D eigenvalue weighted by Crippen LogP contribution is -2.46. The number of aromatic nitrogens is 1. The van der Waals surface area contributed by atoms with Gasteiger partial charge >= 0.3 is 11.9 Å². The van der Waals surface area contributed by atoms with Crippen LogP contribution in [0.3, 0.4) is 0 Å². The van der Waals surface area contributed by atoms with Crippen molar-refractivity contribution < 1.29 is 28.6 Å². The van der Waals surface area contributed by atoms with Crippen LogP contribution >= 0.6 is 22.9 Å². The van der Waals surface area contributed by atoms with E-state index in [2.05, 4.69) is 15.2 Å². The van der Waals surface area contributed by atoms with Gasteiger partial charge in [0.15, 0.2) is 10.8 Å². The smallest absolute Gasteiger partial charge is 0.338 e. The lowest BCUT2D eigenvalue weighted by molar-refractivity contribution is -0.139. The van der Waals surface area contributed by atoms with Gasteiger partial charge < -0.3 is 19.9 Å². The van der Waals surface area contributed by atoms with E-state index in [1.807, 2.05) is 5.38 Å². The van der Waals surface area contributed by atoms with E-state index < -0.39 is 23.8 Å². The summed E-state index contributed by atoms with van der Waals surface area (Å²) in [7, 11) is 0. The summed E-state index contributed by atoms with van der Waals surface area (Å²) in [5.74, 6) is -1.46. The third-order valence-corrected chi connectivity index (χ3v) is 6.91. The van der Waals surface area contributed by atoms with Crippen molar-refractivity contribution in [2.45, 2.75) is 31.9 Å². The minimum Gasteiger partial charge on any atom is -0.481 e. The first-order valence-corrected chi connectivity index (χ1v) is 12.8. The number of carboxylic acids is 1. The maximum atomic E-state index is 13.8. The van der Waals surface area contributed by atoms with Gasteiger partial charge in [0.25, 0.3) is 0 Å². The van der Waals surface area contributed by atoms with Gasteiger partial charge in [-0.15, -0.1) is 11.3 Å². The highest BCUT2D eigenvalue weighted by Crippen LogP contribution is 2.37. The Morgan fingerprint density at radius 2 is 2.25 bits per heavy atom. The molecule has 1 fully saturated rings. The Labute approximate surface area is 216 Å². The summed E-state index contributed by atoms with van der Waals surface area (Å²) < 4.78 is 24.9. The molecule has 0 amide bonds. The van der Waals surface area contributed by atoms with E-state index >= 15 is 0 Å². The highest BCUT2D eigenvalue weighted by molar-refractivity contribution is 7.11. The average Bonchev–Trinajstić information content (AvgIpc) is 3.38. The van der Waals surface area contributed by atoms with E-state index in [4.69, 9.17) is 31.2 Å². The van der Waals surface area contributed by atoms with E-state index in [9.17, 15) is 14.0 Å². The van der Waals surface area contributed by atoms with Crippen LogP contribution in [0.5, 0.6) is 0 Å². The molecule has 1 aromatic heterocycles. The maximum Gasteiger partial charge on any atom is 0.338 e. The number of ether oxygens (including phenoxy) is 2. The largest absolute Gasteiger partial charge is 0.481 e. The van der Waals surface area contributed by atoms with Gasteiger partial charge in [0, 0.05) is 53.9 Å². The summed E-state index contributed by atoms with van der Waals surface area (Å²) in [6.07, 6.45) is 1.82. The number of aliphatic imine (C=N–C) groups is 1. The van der Waals surface area contributed by atoms with Gasteiger partial charge in [0.2, 0.25) is 0 Å². The zero-order valence-corrected chi connectivity index (χ0v) is 21.1. The molecule has 0 saturated carbocycles. The molecule has 2 atom stereocenters. The molecule has 0 spiro atoms. The second kappa shape index (κ2) is 11.9. The van der Waals surface area contributed by atoms with Crippen molar-refractivity contribution in [1.82, 2.24) is 15.2 Å². The Balaban J connectivity index is 1.71. The first-order valence-electron chi connectivity index (χ1n) is 11.5. The number of halogens is 2. The van der Waals surface area contributed by atoms with Crippen molar-refractivity contribution in [3.05, 3.63) is 62.5 Å². The Bertz CT molecular complexity index is 1170.